The van der Waals surface area contributed by atoms with Gasteiger partial charge in [-0.1, -0.05) is 12.1 Å². The molecule has 2 aromatic carbocycles. The van der Waals surface area contributed by atoms with Crippen LogP contribution in [0.15, 0.2) is 53.7 Å². The molecule has 0 saturated carbocycles. The summed E-state index contributed by atoms with van der Waals surface area (Å²) in [6.45, 7) is 0.666. The Morgan fingerprint density at radius 1 is 1.21 bits per heavy atom. The van der Waals surface area contributed by atoms with Crippen LogP contribution < -0.4 is 11.3 Å². The molecule has 6 N–H and O–H groups in total. The van der Waals surface area contributed by atoms with Crippen LogP contribution in [0.5, 0.6) is 5.75 Å². The highest BCUT2D eigenvalue weighted by atomic mass is 16.3. The van der Waals surface area contributed by atoms with Crippen molar-refractivity contribution in [1.29, 1.82) is 0 Å². The maximum Gasteiger partial charge on any atom is 0.236 e. The standard InChI is InChI=1S/C20H21N7O/c21-27(12-14-11-23-17-8-7-15(28)10-16(14)17)24-13-22-9-3-6-20-25-18-4-1-2-5-19(18)26-20/h1-2,4-5,7-8,10-13H,3,6,9,21H2,(H3,22,24,25,26,28)/p+1. The number of nitrogens with zero attached hydrogens (tertiary/aromatic N) is 3. The highest BCUT2D eigenvalue weighted by Gasteiger charge is 2.07. The van der Waals surface area contributed by atoms with Gasteiger partial charge in [-0.15, -0.1) is 5.43 Å². The Balaban J connectivity index is 1.28. The second-order valence-corrected chi connectivity index (χ2v) is 6.48. The number of aromatic amines is 2. The van der Waals surface area contributed by atoms with Crippen LogP contribution in [-0.2, 0) is 6.42 Å². The average molecular weight is 376 g/mol. The Bertz CT molecular complexity index is 1120. The van der Waals surface area contributed by atoms with Crippen molar-refractivity contribution in [3.63, 3.8) is 0 Å². The van der Waals surface area contributed by atoms with Crippen LogP contribution in [0, 0.1) is 0 Å². The van der Waals surface area contributed by atoms with Crippen LogP contribution in [0.25, 0.3) is 21.9 Å². The molecule has 8 nitrogen and oxygen atoms in total. The Morgan fingerprint density at radius 2 is 2.11 bits per heavy atom. The summed E-state index contributed by atoms with van der Waals surface area (Å²) < 4.78 is 0. The quantitative estimate of drug-likeness (QED) is 0.0849. The molecule has 0 atom stereocenters. The molecule has 142 valence electrons. The van der Waals surface area contributed by atoms with E-state index in [2.05, 4.69) is 25.4 Å². The largest absolute Gasteiger partial charge is 0.508 e. The molecule has 0 aliphatic rings. The van der Waals surface area contributed by atoms with Crippen molar-refractivity contribution in [1.82, 2.24) is 20.4 Å². The van der Waals surface area contributed by atoms with Gasteiger partial charge < -0.3 is 15.1 Å². The Labute approximate surface area is 161 Å². The molecule has 0 saturated heterocycles. The van der Waals surface area contributed by atoms with E-state index in [9.17, 15) is 5.11 Å². The zero-order chi connectivity index (χ0) is 19.3. The van der Waals surface area contributed by atoms with Crippen molar-refractivity contribution in [2.24, 2.45) is 10.8 Å². The topological polar surface area (TPSA) is 118 Å². The summed E-state index contributed by atoms with van der Waals surface area (Å²) >= 11 is 0. The van der Waals surface area contributed by atoms with E-state index in [1.807, 2.05) is 36.5 Å². The van der Waals surface area contributed by atoms with Crippen LogP contribution in [0.4, 0.5) is 0 Å². The number of aromatic hydroxyl groups is 1. The van der Waals surface area contributed by atoms with E-state index in [1.54, 1.807) is 24.7 Å². The Kier molecular flexibility index (Phi) is 4.92. The molecule has 4 aromatic rings. The number of nitrogens with two attached hydrogens (primary N) is 1. The van der Waals surface area contributed by atoms with Gasteiger partial charge in [0, 0.05) is 30.1 Å². The van der Waals surface area contributed by atoms with Crippen LogP contribution in [0.2, 0.25) is 0 Å². The van der Waals surface area contributed by atoms with Gasteiger partial charge in [0.15, 0.2) is 0 Å². The summed E-state index contributed by atoms with van der Waals surface area (Å²) in [4.78, 5) is 16.7. The van der Waals surface area contributed by atoms with Crippen molar-refractivity contribution in [2.45, 2.75) is 12.8 Å². The second kappa shape index (κ2) is 7.83. The third-order valence-electron chi connectivity index (χ3n) is 4.41. The molecule has 0 aliphatic heterocycles. The number of imidazole rings is 1. The Morgan fingerprint density at radius 3 is 3.00 bits per heavy atom. The normalized spacial score (nSPS) is 12.4. The van der Waals surface area contributed by atoms with Gasteiger partial charge in [-0.25, -0.2) is 4.98 Å². The van der Waals surface area contributed by atoms with E-state index in [0.29, 0.717) is 6.54 Å². The van der Waals surface area contributed by atoms with Crippen molar-refractivity contribution in [3.05, 3.63) is 60.0 Å². The first kappa shape index (κ1) is 17.6. The highest BCUT2D eigenvalue weighted by Crippen LogP contribution is 2.21. The molecule has 2 heterocycles. The minimum absolute atomic E-state index is 0.212. The monoisotopic (exact) mass is 376 g/mol. The van der Waals surface area contributed by atoms with E-state index in [4.69, 9.17) is 5.84 Å². The summed E-state index contributed by atoms with van der Waals surface area (Å²) in [5.41, 5.74) is 6.72. The molecular weight excluding hydrogens is 354 g/mol. The van der Waals surface area contributed by atoms with Crippen molar-refractivity contribution in [3.8, 4) is 5.75 Å². The molecule has 0 unspecified atom stereocenters. The van der Waals surface area contributed by atoms with Gasteiger partial charge in [-0.2, -0.15) is 5.84 Å². The number of H-pyrrole nitrogens is 2. The number of phenols is 1. The van der Waals surface area contributed by atoms with Gasteiger partial charge in [0.1, 0.15) is 17.9 Å². The van der Waals surface area contributed by atoms with E-state index in [0.717, 1.165) is 46.2 Å². The third-order valence-corrected chi connectivity index (χ3v) is 4.41. The van der Waals surface area contributed by atoms with Crippen LogP contribution >= 0.6 is 0 Å². The van der Waals surface area contributed by atoms with Gasteiger partial charge in [0.05, 0.1) is 16.6 Å². The second-order valence-electron chi connectivity index (χ2n) is 6.48. The minimum Gasteiger partial charge on any atom is -0.508 e. The lowest BCUT2D eigenvalue weighted by Gasteiger charge is -1.95. The number of hydrogen-bond acceptors (Lipinski definition) is 4. The summed E-state index contributed by atoms with van der Waals surface area (Å²) in [7, 11) is 0. The first-order chi connectivity index (χ1) is 13.7. The Hall–Kier alpha value is -3.81. The maximum absolute atomic E-state index is 9.64. The predicted molar refractivity (Wildman–Crippen MR) is 110 cm³/mol. The van der Waals surface area contributed by atoms with Gasteiger partial charge in [0.2, 0.25) is 6.21 Å². The zero-order valence-electron chi connectivity index (χ0n) is 15.3. The summed E-state index contributed by atoms with van der Waals surface area (Å²) in [5.74, 6) is 7.11. The molecule has 0 amide bonds. The molecule has 0 radical (unpaired) electrons. The minimum atomic E-state index is 0.212. The number of rotatable bonds is 7. The van der Waals surface area contributed by atoms with Crippen LogP contribution in [0.1, 0.15) is 17.8 Å². The van der Waals surface area contributed by atoms with Gasteiger partial charge in [-0.3, -0.25) is 4.99 Å². The molecule has 4 rings (SSSR count). The van der Waals surface area contributed by atoms with E-state index in [1.165, 1.54) is 4.79 Å². The van der Waals surface area contributed by atoms with Crippen molar-refractivity contribution < 1.29 is 9.90 Å². The smallest absolute Gasteiger partial charge is 0.236 e. The molecule has 8 heteroatoms. The summed E-state index contributed by atoms with van der Waals surface area (Å²) in [6.07, 6.45) is 6.84. The number of phenolic OH excluding ortho intramolecular Hbond substituents is 1. The number of hydrazine groups is 2. The number of hydrogen-bond donors (Lipinski definition) is 5. The fourth-order valence-corrected chi connectivity index (χ4v) is 3.06. The molecule has 2 aromatic heterocycles. The lowest BCUT2D eigenvalue weighted by atomic mass is 10.2. The van der Waals surface area contributed by atoms with E-state index in [-0.39, 0.29) is 5.75 Å². The molecule has 0 spiro atoms. The fourth-order valence-electron chi connectivity index (χ4n) is 3.06. The lowest BCUT2D eigenvalue weighted by Crippen LogP contribution is -2.34. The number of nitrogens with one attached hydrogen (secondary N) is 3. The third kappa shape index (κ3) is 3.96. The number of para-hydroxylation sites is 2. The van der Waals surface area contributed by atoms with Crippen LogP contribution in [0.3, 0.4) is 0 Å². The molecule has 0 bridgehead atoms. The molecule has 0 aliphatic carbocycles. The number of benzene rings is 2. The molecule has 0 fully saturated rings. The number of aryl methyl sites for hydroxylation is 1. The van der Waals surface area contributed by atoms with Crippen molar-refractivity contribution >= 4 is 34.5 Å². The lowest BCUT2D eigenvalue weighted by molar-refractivity contribution is -0.576. The van der Waals surface area contributed by atoms with Crippen molar-refractivity contribution in [2.75, 3.05) is 6.54 Å². The molecule has 28 heavy (non-hydrogen) atoms. The van der Waals surface area contributed by atoms with Crippen LogP contribution in [-0.4, -0.2) is 43.9 Å². The average Bonchev–Trinajstić information content (AvgIpc) is 3.28. The van der Waals surface area contributed by atoms with Gasteiger partial charge in [-0.05, 0) is 41.5 Å². The van der Waals surface area contributed by atoms with E-state index >= 15 is 0 Å². The molecular formula is C20H22N7O+. The number of aliphatic imine (C=N–C) groups is 1. The number of fused-ring (bicyclic) bond motifs is 2. The first-order valence-electron chi connectivity index (χ1n) is 9.06. The first-order valence-corrected chi connectivity index (χ1v) is 9.06. The predicted octanol–water partition coefficient (Wildman–Crippen LogP) is 2.22. The summed E-state index contributed by atoms with van der Waals surface area (Å²) in [6, 6.07) is 13.1. The number of aromatic nitrogens is 3. The van der Waals surface area contributed by atoms with Gasteiger partial charge in [0.25, 0.3) is 0 Å². The maximum atomic E-state index is 9.64. The number of hydrazone groups is 2. The SMILES string of the molecule is N[N+](=Cc1c[nH]c2ccc(O)cc12)NC=NCCCc1nc2ccccc2[nH]1. The van der Waals surface area contributed by atoms with E-state index < -0.39 is 0 Å². The van der Waals surface area contributed by atoms with Gasteiger partial charge >= 0.3 is 0 Å². The zero-order valence-corrected chi connectivity index (χ0v) is 15.3. The highest BCUT2D eigenvalue weighted by molar-refractivity contribution is 5.98. The fraction of sp³-hybridized carbons (Fsp3) is 0.150. The summed E-state index contributed by atoms with van der Waals surface area (Å²) in [5, 5.41) is 10.5.